The van der Waals surface area contributed by atoms with Crippen LogP contribution < -0.4 is 10.6 Å². The van der Waals surface area contributed by atoms with Gasteiger partial charge in [0.05, 0.1) is 25.1 Å². The molecule has 3 N–H and O–H groups in total. The van der Waals surface area contributed by atoms with Gasteiger partial charge in [0.15, 0.2) is 0 Å². The van der Waals surface area contributed by atoms with Gasteiger partial charge in [-0.3, -0.25) is 14.4 Å². The Balaban J connectivity index is 1.89. The molecule has 1 aromatic rings. The standard InChI is InChI=1S/C15H17FN2O5/c16-11-3-1-2-10(6-11)14(22)17-8-12(19)18-15(7-13(20)21)4-5-23-9-15/h1-3,6H,4-5,7-9H2,(H,17,22)(H,18,19)(H,20,21). The summed E-state index contributed by atoms with van der Waals surface area (Å²) in [7, 11) is 0. The zero-order valence-corrected chi connectivity index (χ0v) is 12.3. The predicted octanol–water partition coefficient (Wildman–Crippen LogP) is 0.305. The molecular weight excluding hydrogens is 307 g/mol. The Labute approximate surface area is 131 Å². The van der Waals surface area contributed by atoms with E-state index >= 15 is 0 Å². The second-order valence-electron chi connectivity index (χ2n) is 5.39. The summed E-state index contributed by atoms with van der Waals surface area (Å²) in [5.41, 5.74) is -0.853. The molecule has 23 heavy (non-hydrogen) atoms. The number of benzene rings is 1. The van der Waals surface area contributed by atoms with Gasteiger partial charge in [0.25, 0.3) is 5.91 Å². The number of aliphatic carboxylic acids is 1. The largest absolute Gasteiger partial charge is 0.481 e. The number of carboxylic acid groups (broad SMARTS) is 1. The molecule has 0 aromatic heterocycles. The quantitative estimate of drug-likeness (QED) is 0.698. The van der Waals surface area contributed by atoms with Crippen LogP contribution >= 0.6 is 0 Å². The van der Waals surface area contributed by atoms with Gasteiger partial charge in [-0.1, -0.05) is 6.07 Å². The summed E-state index contributed by atoms with van der Waals surface area (Å²) in [6, 6.07) is 5.08. The summed E-state index contributed by atoms with van der Waals surface area (Å²) in [5.74, 6) is -2.71. The maximum atomic E-state index is 13.0. The van der Waals surface area contributed by atoms with Gasteiger partial charge in [-0.15, -0.1) is 0 Å². The Hall–Kier alpha value is -2.48. The minimum absolute atomic E-state index is 0.0993. The fourth-order valence-electron chi connectivity index (χ4n) is 2.41. The van der Waals surface area contributed by atoms with Crippen molar-refractivity contribution >= 4 is 17.8 Å². The number of amides is 2. The van der Waals surface area contributed by atoms with Gasteiger partial charge >= 0.3 is 5.97 Å². The molecule has 1 aromatic carbocycles. The zero-order chi connectivity index (χ0) is 16.9. The molecule has 1 aliphatic heterocycles. The van der Waals surface area contributed by atoms with E-state index < -0.39 is 29.1 Å². The van der Waals surface area contributed by atoms with Crippen LogP contribution in [-0.4, -0.2) is 48.2 Å². The SMILES string of the molecule is O=C(O)CC1(NC(=O)CNC(=O)c2cccc(F)c2)CCOC1. The second kappa shape index (κ2) is 7.19. The van der Waals surface area contributed by atoms with E-state index in [2.05, 4.69) is 10.6 Å². The Morgan fingerprint density at radius 2 is 2.13 bits per heavy atom. The van der Waals surface area contributed by atoms with Crippen molar-refractivity contribution < 1.29 is 28.6 Å². The normalized spacial score (nSPS) is 20.0. The number of ether oxygens (including phenoxy) is 1. The minimum atomic E-state index is -1.04. The highest BCUT2D eigenvalue weighted by Crippen LogP contribution is 2.22. The van der Waals surface area contributed by atoms with Crippen LogP contribution in [0.3, 0.4) is 0 Å². The summed E-state index contributed by atoms with van der Waals surface area (Å²) in [6.45, 7) is 0.142. The Morgan fingerprint density at radius 3 is 2.74 bits per heavy atom. The Bertz CT molecular complexity index is 614. The highest BCUT2D eigenvalue weighted by Gasteiger charge is 2.38. The van der Waals surface area contributed by atoms with Crippen molar-refractivity contribution in [3.8, 4) is 0 Å². The van der Waals surface area contributed by atoms with E-state index in [-0.39, 0.29) is 25.1 Å². The first kappa shape index (κ1) is 16.9. The number of hydrogen-bond acceptors (Lipinski definition) is 4. The van der Waals surface area contributed by atoms with E-state index in [0.717, 1.165) is 6.07 Å². The molecule has 1 heterocycles. The second-order valence-corrected chi connectivity index (χ2v) is 5.39. The van der Waals surface area contributed by atoms with Gasteiger partial charge in [0, 0.05) is 12.2 Å². The predicted molar refractivity (Wildman–Crippen MR) is 77.3 cm³/mol. The van der Waals surface area contributed by atoms with Gasteiger partial charge in [0.1, 0.15) is 5.82 Å². The molecule has 1 saturated heterocycles. The third kappa shape index (κ3) is 4.75. The van der Waals surface area contributed by atoms with Crippen LogP contribution in [0.25, 0.3) is 0 Å². The van der Waals surface area contributed by atoms with Crippen molar-refractivity contribution in [3.05, 3.63) is 35.6 Å². The third-order valence-electron chi connectivity index (χ3n) is 3.49. The smallest absolute Gasteiger partial charge is 0.305 e. The lowest BCUT2D eigenvalue weighted by Gasteiger charge is -2.27. The van der Waals surface area contributed by atoms with Gasteiger partial charge in [0.2, 0.25) is 5.91 Å². The number of rotatable bonds is 6. The molecule has 124 valence electrons. The molecule has 0 saturated carbocycles. The van der Waals surface area contributed by atoms with E-state index in [9.17, 15) is 18.8 Å². The molecule has 8 heteroatoms. The number of nitrogens with one attached hydrogen (secondary N) is 2. The molecular formula is C15H17FN2O5. The van der Waals surface area contributed by atoms with Gasteiger partial charge in [-0.25, -0.2) is 4.39 Å². The lowest BCUT2D eigenvalue weighted by molar-refractivity contribution is -0.139. The number of carboxylic acids is 1. The monoisotopic (exact) mass is 324 g/mol. The highest BCUT2D eigenvalue weighted by atomic mass is 19.1. The Morgan fingerprint density at radius 1 is 1.35 bits per heavy atom. The molecule has 1 aliphatic rings. The highest BCUT2D eigenvalue weighted by molar-refractivity contribution is 5.96. The maximum Gasteiger partial charge on any atom is 0.305 e. The van der Waals surface area contributed by atoms with Crippen LogP contribution in [0.1, 0.15) is 23.2 Å². The molecule has 1 atom stereocenters. The van der Waals surface area contributed by atoms with Crippen LogP contribution in [0, 0.1) is 5.82 Å². The molecule has 0 spiro atoms. The first-order chi connectivity index (χ1) is 10.9. The van der Waals surface area contributed by atoms with E-state index in [1.54, 1.807) is 0 Å². The van der Waals surface area contributed by atoms with Crippen LogP contribution in [0.4, 0.5) is 4.39 Å². The molecule has 1 fully saturated rings. The Kier molecular flexibility index (Phi) is 5.28. The van der Waals surface area contributed by atoms with Gasteiger partial charge in [-0.05, 0) is 24.6 Å². The van der Waals surface area contributed by atoms with Crippen molar-refractivity contribution in [2.45, 2.75) is 18.4 Å². The van der Waals surface area contributed by atoms with Crippen LogP contribution in [0.15, 0.2) is 24.3 Å². The summed E-state index contributed by atoms with van der Waals surface area (Å²) < 4.78 is 18.2. The van der Waals surface area contributed by atoms with Gasteiger partial charge < -0.3 is 20.5 Å². The molecule has 2 rings (SSSR count). The van der Waals surface area contributed by atoms with E-state index in [4.69, 9.17) is 9.84 Å². The topological polar surface area (TPSA) is 105 Å². The van der Waals surface area contributed by atoms with Crippen molar-refractivity contribution in [3.63, 3.8) is 0 Å². The fraction of sp³-hybridized carbons (Fsp3) is 0.400. The first-order valence-corrected chi connectivity index (χ1v) is 7.04. The average Bonchev–Trinajstić information content (AvgIpc) is 2.91. The lowest BCUT2D eigenvalue weighted by Crippen LogP contribution is -2.53. The number of carbonyl (C=O) groups is 3. The van der Waals surface area contributed by atoms with Gasteiger partial charge in [-0.2, -0.15) is 0 Å². The lowest BCUT2D eigenvalue weighted by atomic mass is 9.94. The van der Waals surface area contributed by atoms with E-state index in [1.807, 2.05) is 0 Å². The first-order valence-electron chi connectivity index (χ1n) is 7.04. The summed E-state index contributed by atoms with van der Waals surface area (Å²) in [5, 5.41) is 13.9. The minimum Gasteiger partial charge on any atom is -0.481 e. The molecule has 7 nitrogen and oxygen atoms in total. The number of halogens is 1. The van der Waals surface area contributed by atoms with E-state index in [0.29, 0.717) is 13.0 Å². The molecule has 2 amide bonds. The van der Waals surface area contributed by atoms with E-state index in [1.165, 1.54) is 18.2 Å². The summed E-state index contributed by atoms with van der Waals surface area (Å²) >= 11 is 0. The summed E-state index contributed by atoms with van der Waals surface area (Å²) in [6.07, 6.45) is 0.138. The number of carbonyl (C=O) groups excluding carboxylic acids is 2. The fourth-order valence-corrected chi connectivity index (χ4v) is 2.41. The average molecular weight is 324 g/mol. The number of hydrogen-bond donors (Lipinski definition) is 3. The third-order valence-corrected chi connectivity index (χ3v) is 3.49. The molecule has 0 aliphatic carbocycles. The molecule has 1 unspecified atom stereocenters. The molecule has 0 radical (unpaired) electrons. The molecule has 0 bridgehead atoms. The van der Waals surface area contributed by atoms with Crippen molar-refractivity contribution in [2.24, 2.45) is 0 Å². The summed E-state index contributed by atoms with van der Waals surface area (Å²) in [4.78, 5) is 34.7. The zero-order valence-electron chi connectivity index (χ0n) is 12.3. The van der Waals surface area contributed by atoms with Crippen LogP contribution in [-0.2, 0) is 14.3 Å². The van der Waals surface area contributed by atoms with Crippen molar-refractivity contribution in [2.75, 3.05) is 19.8 Å². The van der Waals surface area contributed by atoms with Crippen molar-refractivity contribution in [1.29, 1.82) is 0 Å². The van der Waals surface area contributed by atoms with Crippen LogP contribution in [0.5, 0.6) is 0 Å². The van der Waals surface area contributed by atoms with Crippen LogP contribution in [0.2, 0.25) is 0 Å². The maximum absolute atomic E-state index is 13.0. The van der Waals surface area contributed by atoms with Crippen molar-refractivity contribution in [1.82, 2.24) is 10.6 Å².